The monoisotopic (exact) mass is 320 g/mol. The van der Waals surface area contributed by atoms with Gasteiger partial charge in [-0.05, 0) is 63.0 Å². The number of benzene rings is 1. The Balaban J connectivity index is 1.59. The molecule has 0 bridgehead atoms. The molecule has 0 spiro atoms. The van der Waals surface area contributed by atoms with E-state index in [1.165, 1.54) is 0 Å². The maximum Gasteiger partial charge on any atom is 0.241 e. The topological polar surface area (TPSA) is 68.2 Å². The van der Waals surface area contributed by atoms with Crippen molar-refractivity contribution in [3.63, 3.8) is 0 Å². The van der Waals surface area contributed by atoms with Crippen molar-refractivity contribution in [3.05, 3.63) is 35.2 Å². The second-order valence-corrected chi connectivity index (χ2v) is 6.43. The lowest BCUT2D eigenvalue weighted by molar-refractivity contribution is 0.150. The molecule has 0 saturated carbocycles. The molecule has 3 rings (SSSR count). The number of nitrogens with two attached hydrogens (primary N) is 1. The fourth-order valence-electron chi connectivity index (χ4n) is 2.86. The lowest BCUT2D eigenvalue weighted by Gasteiger charge is -2.32. The first-order valence-corrected chi connectivity index (χ1v) is 8.06. The Kier molecular flexibility index (Phi) is 4.76. The lowest BCUT2D eigenvalue weighted by Crippen LogP contribution is -2.39. The van der Waals surface area contributed by atoms with E-state index in [0.29, 0.717) is 29.2 Å². The molecule has 1 unspecified atom stereocenters. The average Bonchev–Trinajstić information content (AvgIpc) is 2.97. The third-order valence-corrected chi connectivity index (χ3v) is 4.56. The van der Waals surface area contributed by atoms with Gasteiger partial charge < -0.3 is 10.3 Å². The van der Waals surface area contributed by atoms with Crippen LogP contribution in [0.4, 0.5) is 0 Å². The molecule has 6 heteroatoms. The first kappa shape index (κ1) is 15.5. The molecule has 0 radical (unpaired) electrons. The number of hydrogen-bond donors (Lipinski definition) is 1. The van der Waals surface area contributed by atoms with E-state index in [4.69, 9.17) is 21.9 Å². The minimum absolute atomic E-state index is 0.280. The molecule has 2 aromatic rings. The fourth-order valence-corrected chi connectivity index (χ4v) is 2.99. The van der Waals surface area contributed by atoms with Crippen LogP contribution in [0.3, 0.4) is 0 Å². The maximum atomic E-state index is 5.97. The average molecular weight is 321 g/mol. The van der Waals surface area contributed by atoms with Gasteiger partial charge in [0.15, 0.2) is 0 Å². The predicted octanol–water partition coefficient (Wildman–Crippen LogP) is 2.95. The molecule has 1 aromatic carbocycles. The number of hydrogen-bond acceptors (Lipinski definition) is 5. The molecule has 22 heavy (non-hydrogen) atoms. The fraction of sp³-hybridized carbons (Fsp3) is 0.500. The molecule has 2 N–H and O–H groups in total. The number of likely N-dealkylation sites (tertiary alicyclic amines) is 1. The van der Waals surface area contributed by atoms with Crippen LogP contribution < -0.4 is 5.73 Å². The maximum absolute atomic E-state index is 5.97. The zero-order valence-electron chi connectivity index (χ0n) is 12.7. The number of halogens is 1. The summed E-state index contributed by atoms with van der Waals surface area (Å²) in [5, 5.41) is 4.75. The van der Waals surface area contributed by atoms with Crippen molar-refractivity contribution >= 4 is 11.6 Å². The Morgan fingerprint density at radius 2 is 2.00 bits per heavy atom. The van der Waals surface area contributed by atoms with Gasteiger partial charge in [-0.15, -0.1) is 0 Å². The van der Waals surface area contributed by atoms with E-state index in [1.54, 1.807) is 0 Å². The third kappa shape index (κ3) is 3.66. The quantitative estimate of drug-likeness (QED) is 0.938. The standard InChI is InChI=1S/C16H21ClN4O/c1-11(18)12-6-8-21(9-7-12)10-15-19-16(20-22-15)13-2-4-14(17)5-3-13/h2-5,11-12H,6-10,18H2,1H3. The summed E-state index contributed by atoms with van der Waals surface area (Å²) in [6, 6.07) is 7.72. The van der Waals surface area contributed by atoms with Crippen LogP contribution in [0, 0.1) is 5.92 Å². The van der Waals surface area contributed by atoms with Crippen molar-refractivity contribution in [2.75, 3.05) is 13.1 Å². The predicted molar refractivity (Wildman–Crippen MR) is 86.4 cm³/mol. The van der Waals surface area contributed by atoms with Gasteiger partial charge in [0.2, 0.25) is 11.7 Å². The van der Waals surface area contributed by atoms with Crippen LogP contribution in [0.25, 0.3) is 11.4 Å². The molecule has 0 amide bonds. The number of aromatic nitrogens is 2. The third-order valence-electron chi connectivity index (χ3n) is 4.31. The highest BCUT2D eigenvalue weighted by molar-refractivity contribution is 6.30. The van der Waals surface area contributed by atoms with Crippen LogP contribution in [0.15, 0.2) is 28.8 Å². The second kappa shape index (κ2) is 6.77. The van der Waals surface area contributed by atoms with Gasteiger partial charge in [0, 0.05) is 16.6 Å². The molecule has 1 aliphatic heterocycles. The molecule has 0 aliphatic carbocycles. The van der Waals surface area contributed by atoms with Gasteiger partial charge in [-0.3, -0.25) is 4.90 Å². The molecular weight excluding hydrogens is 300 g/mol. The number of nitrogens with zero attached hydrogens (tertiary/aromatic N) is 3. The largest absolute Gasteiger partial charge is 0.338 e. The van der Waals surface area contributed by atoms with Crippen LogP contribution in [0.5, 0.6) is 0 Å². The summed E-state index contributed by atoms with van der Waals surface area (Å²) in [7, 11) is 0. The molecule has 1 atom stereocenters. The smallest absolute Gasteiger partial charge is 0.241 e. The van der Waals surface area contributed by atoms with Crippen molar-refractivity contribution in [2.24, 2.45) is 11.7 Å². The molecule has 1 fully saturated rings. The molecule has 118 valence electrons. The van der Waals surface area contributed by atoms with E-state index in [-0.39, 0.29) is 6.04 Å². The summed E-state index contributed by atoms with van der Waals surface area (Å²) >= 11 is 5.89. The first-order chi connectivity index (χ1) is 10.6. The van der Waals surface area contributed by atoms with E-state index >= 15 is 0 Å². The second-order valence-electron chi connectivity index (χ2n) is 5.99. The van der Waals surface area contributed by atoms with Gasteiger partial charge >= 0.3 is 0 Å². The first-order valence-electron chi connectivity index (χ1n) is 7.68. The van der Waals surface area contributed by atoms with Gasteiger partial charge in [-0.2, -0.15) is 4.98 Å². The van der Waals surface area contributed by atoms with E-state index in [0.717, 1.165) is 31.5 Å². The Labute approximate surface area is 135 Å². The Morgan fingerprint density at radius 1 is 1.32 bits per heavy atom. The number of piperidine rings is 1. The summed E-state index contributed by atoms with van der Waals surface area (Å²) in [6.45, 7) is 4.86. The van der Waals surface area contributed by atoms with Gasteiger partial charge in [0.05, 0.1) is 6.54 Å². The van der Waals surface area contributed by atoms with Gasteiger partial charge in [-0.25, -0.2) is 0 Å². The van der Waals surface area contributed by atoms with Crippen molar-refractivity contribution in [2.45, 2.75) is 32.4 Å². The van der Waals surface area contributed by atoms with Crippen LogP contribution in [0.1, 0.15) is 25.7 Å². The summed E-state index contributed by atoms with van der Waals surface area (Å²) in [4.78, 5) is 6.82. The van der Waals surface area contributed by atoms with Crippen molar-refractivity contribution in [3.8, 4) is 11.4 Å². The summed E-state index contributed by atoms with van der Waals surface area (Å²) in [6.07, 6.45) is 2.27. The zero-order chi connectivity index (χ0) is 15.5. The van der Waals surface area contributed by atoms with E-state index in [2.05, 4.69) is 22.0 Å². The summed E-state index contributed by atoms with van der Waals surface area (Å²) in [5.41, 5.74) is 6.89. The Morgan fingerprint density at radius 3 is 2.64 bits per heavy atom. The van der Waals surface area contributed by atoms with E-state index in [1.807, 2.05) is 24.3 Å². The molecular formula is C16H21ClN4O. The highest BCUT2D eigenvalue weighted by atomic mass is 35.5. The highest BCUT2D eigenvalue weighted by Gasteiger charge is 2.23. The van der Waals surface area contributed by atoms with Crippen molar-refractivity contribution < 1.29 is 4.52 Å². The minimum Gasteiger partial charge on any atom is -0.338 e. The molecule has 5 nitrogen and oxygen atoms in total. The van der Waals surface area contributed by atoms with E-state index in [9.17, 15) is 0 Å². The molecule has 1 aliphatic rings. The van der Waals surface area contributed by atoms with Crippen LogP contribution in [0.2, 0.25) is 5.02 Å². The van der Waals surface area contributed by atoms with Gasteiger partial charge in [0.1, 0.15) is 0 Å². The SMILES string of the molecule is CC(N)C1CCN(Cc2nc(-c3ccc(Cl)cc3)no2)CC1. The summed E-state index contributed by atoms with van der Waals surface area (Å²) < 4.78 is 5.37. The summed E-state index contributed by atoms with van der Waals surface area (Å²) in [5.74, 6) is 1.89. The lowest BCUT2D eigenvalue weighted by atomic mass is 9.91. The Bertz CT molecular complexity index is 603. The molecule has 1 saturated heterocycles. The molecule has 2 heterocycles. The van der Waals surface area contributed by atoms with Crippen molar-refractivity contribution in [1.82, 2.24) is 15.0 Å². The van der Waals surface area contributed by atoms with Crippen LogP contribution in [-0.2, 0) is 6.54 Å². The van der Waals surface area contributed by atoms with Crippen LogP contribution >= 0.6 is 11.6 Å². The van der Waals surface area contributed by atoms with E-state index < -0.39 is 0 Å². The molecule has 1 aromatic heterocycles. The normalized spacial score (nSPS) is 18.5. The highest BCUT2D eigenvalue weighted by Crippen LogP contribution is 2.22. The van der Waals surface area contributed by atoms with Crippen molar-refractivity contribution in [1.29, 1.82) is 0 Å². The zero-order valence-corrected chi connectivity index (χ0v) is 13.5. The van der Waals surface area contributed by atoms with Gasteiger partial charge in [-0.1, -0.05) is 16.8 Å². The number of rotatable bonds is 4. The van der Waals surface area contributed by atoms with Gasteiger partial charge in [0.25, 0.3) is 0 Å². The minimum atomic E-state index is 0.280. The Hall–Kier alpha value is -1.43. The van der Waals surface area contributed by atoms with Crippen LogP contribution in [-0.4, -0.2) is 34.2 Å².